The highest BCUT2D eigenvalue weighted by Crippen LogP contribution is 2.38. The van der Waals surface area contributed by atoms with Gasteiger partial charge in [0, 0.05) is 13.0 Å². The van der Waals surface area contributed by atoms with E-state index in [0.717, 1.165) is 0 Å². The van der Waals surface area contributed by atoms with Gasteiger partial charge in [-0.15, -0.1) is 0 Å². The van der Waals surface area contributed by atoms with Crippen LogP contribution < -0.4 is 9.47 Å². The van der Waals surface area contributed by atoms with Gasteiger partial charge < -0.3 is 14.2 Å². The summed E-state index contributed by atoms with van der Waals surface area (Å²) in [6, 6.07) is 2.78. The average Bonchev–Trinajstić information content (AvgIpc) is 2.75. The fourth-order valence-electron chi connectivity index (χ4n) is 1.86. The SMILES string of the molecule is COc1cc(/C=C2\N=C(C)OC2=O)cc([N+](=O)[O-])c1OC. The van der Waals surface area contributed by atoms with Crippen LogP contribution in [0.25, 0.3) is 6.08 Å². The number of nitro benzene ring substituents is 1. The van der Waals surface area contributed by atoms with Crippen LogP contribution in [0.1, 0.15) is 12.5 Å². The zero-order valence-corrected chi connectivity index (χ0v) is 11.6. The summed E-state index contributed by atoms with van der Waals surface area (Å²) in [6.45, 7) is 1.54. The highest BCUT2D eigenvalue weighted by atomic mass is 16.6. The van der Waals surface area contributed by atoms with Crippen LogP contribution >= 0.6 is 0 Å². The molecule has 21 heavy (non-hydrogen) atoms. The Hall–Kier alpha value is -2.90. The molecule has 0 radical (unpaired) electrons. The van der Waals surface area contributed by atoms with E-state index in [4.69, 9.17) is 14.2 Å². The Balaban J connectivity index is 2.56. The number of esters is 1. The minimum atomic E-state index is -0.607. The lowest BCUT2D eigenvalue weighted by Crippen LogP contribution is -2.00. The largest absolute Gasteiger partial charge is 0.493 e. The number of aliphatic imine (C=N–C) groups is 1. The number of benzene rings is 1. The van der Waals surface area contributed by atoms with Gasteiger partial charge in [-0.3, -0.25) is 10.1 Å². The predicted molar refractivity (Wildman–Crippen MR) is 73.4 cm³/mol. The molecule has 0 aromatic heterocycles. The summed E-state index contributed by atoms with van der Waals surface area (Å²) < 4.78 is 14.8. The molecule has 0 atom stereocenters. The molecule has 0 spiro atoms. The first-order valence-electron chi connectivity index (χ1n) is 5.86. The quantitative estimate of drug-likeness (QED) is 0.364. The van der Waals surface area contributed by atoms with Crippen molar-refractivity contribution in [1.29, 1.82) is 0 Å². The molecule has 0 saturated heterocycles. The Kier molecular flexibility index (Phi) is 3.88. The molecule has 0 amide bonds. The van der Waals surface area contributed by atoms with E-state index in [1.807, 2.05) is 0 Å². The molecule has 0 unspecified atom stereocenters. The van der Waals surface area contributed by atoms with Crippen molar-refractivity contribution in [2.75, 3.05) is 14.2 Å². The predicted octanol–water partition coefficient (Wildman–Crippen LogP) is 1.93. The van der Waals surface area contributed by atoms with Gasteiger partial charge in [-0.05, 0) is 17.7 Å². The van der Waals surface area contributed by atoms with Crippen molar-refractivity contribution in [3.05, 3.63) is 33.5 Å². The molecule has 1 aliphatic rings. The first kappa shape index (κ1) is 14.5. The number of nitro groups is 1. The summed E-state index contributed by atoms with van der Waals surface area (Å²) in [6.07, 6.45) is 1.38. The molecule has 8 heteroatoms. The van der Waals surface area contributed by atoms with Gasteiger partial charge in [0.2, 0.25) is 5.75 Å². The third-order valence-electron chi connectivity index (χ3n) is 2.71. The van der Waals surface area contributed by atoms with E-state index in [1.165, 1.54) is 39.4 Å². The first-order valence-corrected chi connectivity index (χ1v) is 5.86. The fraction of sp³-hybridized carbons (Fsp3) is 0.231. The highest BCUT2D eigenvalue weighted by molar-refractivity contribution is 6.06. The molecule has 1 aliphatic heterocycles. The number of rotatable bonds is 4. The molecular weight excluding hydrogens is 280 g/mol. The lowest BCUT2D eigenvalue weighted by Gasteiger charge is -2.08. The van der Waals surface area contributed by atoms with Crippen LogP contribution in [0.15, 0.2) is 22.8 Å². The van der Waals surface area contributed by atoms with Crippen molar-refractivity contribution in [1.82, 2.24) is 0 Å². The maximum Gasteiger partial charge on any atom is 0.363 e. The summed E-state index contributed by atoms with van der Waals surface area (Å²) in [5, 5.41) is 11.1. The number of carbonyl (C=O) groups excluding carboxylic acids is 1. The summed E-state index contributed by atoms with van der Waals surface area (Å²) in [7, 11) is 2.68. The topological polar surface area (TPSA) is 100 Å². The number of nitrogens with zero attached hydrogens (tertiary/aromatic N) is 2. The van der Waals surface area contributed by atoms with E-state index in [2.05, 4.69) is 4.99 Å². The van der Waals surface area contributed by atoms with Gasteiger partial charge in [0.1, 0.15) is 0 Å². The number of hydrogen-bond acceptors (Lipinski definition) is 7. The summed E-state index contributed by atoms with van der Waals surface area (Å²) in [5.41, 5.74) is 0.175. The Labute approximate surface area is 119 Å². The third kappa shape index (κ3) is 2.83. The summed E-state index contributed by atoms with van der Waals surface area (Å²) >= 11 is 0. The molecule has 0 saturated carbocycles. The molecule has 0 aliphatic carbocycles. The van der Waals surface area contributed by atoms with Gasteiger partial charge >= 0.3 is 11.7 Å². The lowest BCUT2D eigenvalue weighted by atomic mass is 10.1. The average molecular weight is 292 g/mol. The molecule has 0 N–H and O–H groups in total. The third-order valence-corrected chi connectivity index (χ3v) is 2.71. The van der Waals surface area contributed by atoms with Crippen molar-refractivity contribution >= 4 is 23.6 Å². The van der Waals surface area contributed by atoms with E-state index in [9.17, 15) is 14.9 Å². The van der Waals surface area contributed by atoms with Crippen molar-refractivity contribution in [2.24, 2.45) is 4.99 Å². The molecule has 110 valence electrons. The first-order chi connectivity index (χ1) is 9.96. The van der Waals surface area contributed by atoms with E-state index < -0.39 is 10.9 Å². The van der Waals surface area contributed by atoms with Crippen LogP contribution in [-0.2, 0) is 9.53 Å². The van der Waals surface area contributed by atoms with Crippen molar-refractivity contribution in [3.8, 4) is 11.5 Å². The zero-order valence-electron chi connectivity index (χ0n) is 11.6. The molecule has 1 heterocycles. The molecule has 2 rings (SSSR count). The van der Waals surface area contributed by atoms with E-state index in [1.54, 1.807) is 0 Å². The maximum atomic E-state index is 11.5. The van der Waals surface area contributed by atoms with Gasteiger partial charge in [0.05, 0.1) is 19.1 Å². The second-order valence-electron chi connectivity index (χ2n) is 4.08. The number of methoxy groups -OCH3 is 2. The molecule has 1 aromatic carbocycles. The number of cyclic esters (lactones) is 1. The standard InChI is InChI=1S/C13H12N2O6/c1-7-14-9(13(16)21-7)4-8-5-10(15(17)18)12(20-3)11(6-8)19-2/h4-6H,1-3H3/b9-4-. The van der Waals surface area contributed by atoms with Gasteiger partial charge in [-0.2, -0.15) is 0 Å². The minimum Gasteiger partial charge on any atom is -0.493 e. The highest BCUT2D eigenvalue weighted by Gasteiger charge is 2.23. The van der Waals surface area contributed by atoms with Gasteiger partial charge in [0.25, 0.3) is 0 Å². The Morgan fingerprint density at radius 2 is 2.05 bits per heavy atom. The zero-order chi connectivity index (χ0) is 15.6. The van der Waals surface area contributed by atoms with E-state index >= 15 is 0 Å². The number of carbonyl (C=O) groups is 1. The molecule has 8 nitrogen and oxygen atoms in total. The molecular formula is C13H12N2O6. The molecule has 1 aromatic rings. The fourth-order valence-corrected chi connectivity index (χ4v) is 1.86. The van der Waals surface area contributed by atoms with Gasteiger partial charge in [-0.1, -0.05) is 0 Å². The van der Waals surface area contributed by atoms with Gasteiger partial charge in [0.15, 0.2) is 17.3 Å². The Morgan fingerprint density at radius 3 is 2.52 bits per heavy atom. The maximum absolute atomic E-state index is 11.5. The van der Waals surface area contributed by atoms with Crippen LogP contribution in [0, 0.1) is 10.1 Å². The van der Waals surface area contributed by atoms with Crippen molar-refractivity contribution in [2.45, 2.75) is 6.92 Å². The van der Waals surface area contributed by atoms with Crippen molar-refractivity contribution < 1.29 is 23.9 Å². The molecule has 0 fully saturated rings. The monoisotopic (exact) mass is 292 g/mol. The lowest BCUT2D eigenvalue weighted by molar-refractivity contribution is -0.385. The van der Waals surface area contributed by atoms with Crippen LogP contribution in [0.4, 0.5) is 5.69 Å². The van der Waals surface area contributed by atoms with E-state index in [0.29, 0.717) is 5.56 Å². The number of ether oxygens (including phenoxy) is 3. The van der Waals surface area contributed by atoms with Crippen LogP contribution in [-0.4, -0.2) is 31.0 Å². The summed E-state index contributed by atoms with van der Waals surface area (Å²) in [5.74, 6) is -0.185. The minimum absolute atomic E-state index is 0.0123. The normalized spacial score (nSPS) is 15.7. The molecule has 0 bridgehead atoms. The van der Waals surface area contributed by atoms with Crippen LogP contribution in [0.3, 0.4) is 0 Å². The van der Waals surface area contributed by atoms with Gasteiger partial charge in [-0.25, -0.2) is 9.79 Å². The van der Waals surface area contributed by atoms with E-state index in [-0.39, 0.29) is 28.8 Å². The Morgan fingerprint density at radius 1 is 1.33 bits per heavy atom. The van der Waals surface area contributed by atoms with Crippen LogP contribution in [0.5, 0.6) is 11.5 Å². The second-order valence-corrected chi connectivity index (χ2v) is 4.08. The number of hydrogen-bond donors (Lipinski definition) is 0. The van der Waals surface area contributed by atoms with Crippen LogP contribution in [0.2, 0.25) is 0 Å². The smallest absolute Gasteiger partial charge is 0.363 e. The summed E-state index contributed by atoms with van der Waals surface area (Å²) in [4.78, 5) is 25.9. The Bertz CT molecular complexity index is 677. The van der Waals surface area contributed by atoms with Crippen molar-refractivity contribution in [3.63, 3.8) is 0 Å². The second kappa shape index (κ2) is 5.61.